The normalized spacial score (nSPS) is 16.7. The van der Waals surface area contributed by atoms with Crippen molar-refractivity contribution in [1.82, 2.24) is 4.31 Å². The fourth-order valence-corrected chi connectivity index (χ4v) is 4.26. The van der Waals surface area contributed by atoms with Crippen LogP contribution in [0, 0.1) is 5.82 Å². The average Bonchev–Trinajstić information content (AvgIpc) is 2.62. The number of hydrogen-bond acceptors (Lipinski definition) is 3. The van der Waals surface area contributed by atoms with Gasteiger partial charge in [0.25, 0.3) is 0 Å². The number of anilines is 1. The number of alkyl halides is 3. The predicted octanol–water partition coefficient (Wildman–Crippen LogP) is 3.36. The molecule has 0 atom stereocenters. The van der Waals surface area contributed by atoms with Crippen LogP contribution in [0.4, 0.5) is 23.2 Å². The smallest absolute Gasteiger partial charge is 0.367 e. The number of para-hydroxylation sites is 1. The van der Waals surface area contributed by atoms with Crippen LogP contribution in [0.15, 0.2) is 53.4 Å². The third-order valence-corrected chi connectivity index (χ3v) is 6.16. The van der Waals surface area contributed by atoms with Crippen molar-refractivity contribution in [3.63, 3.8) is 0 Å². The Hall–Kier alpha value is -2.13. The summed E-state index contributed by atoms with van der Waals surface area (Å²) in [7, 11) is -3.89. The number of sulfonamides is 1. The molecule has 2 aromatic rings. The van der Waals surface area contributed by atoms with Gasteiger partial charge in [-0.3, -0.25) is 0 Å². The molecule has 0 spiro atoms. The van der Waals surface area contributed by atoms with Gasteiger partial charge in [0.15, 0.2) is 0 Å². The van der Waals surface area contributed by atoms with Crippen LogP contribution in [0.1, 0.15) is 5.56 Å². The van der Waals surface area contributed by atoms with E-state index in [4.69, 9.17) is 0 Å². The zero-order valence-corrected chi connectivity index (χ0v) is 14.4. The number of hydrogen-bond donors (Lipinski definition) is 0. The molecule has 2 aromatic carbocycles. The first-order valence-corrected chi connectivity index (χ1v) is 9.30. The molecule has 0 aliphatic carbocycles. The Morgan fingerprint density at radius 3 is 1.96 bits per heavy atom. The molecular formula is C17H16F4N2O2S. The molecule has 1 saturated heterocycles. The van der Waals surface area contributed by atoms with Crippen molar-refractivity contribution in [2.24, 2.45) is 0 Å². The lowest BCUT2D eigenvalue weighted by molar-refractivity contribution is -0.137. The highest BCUT2D eigenvalue weighted by molar-refractivity contribution is 7.89. The Kier molecular flexibility index (Phi) is 4.94. The number of nitrogens with zero attached hydrogens (tertiary/aromatic N) is 2. The molecule has 9 heteroatoms. The maximum Gasteiger partial charge on any atom is 0.416 e. The van der Waals surface area contributed by atoms with E-state index in [2.05, 4.69) is 0 Å². The van der Waals surface area contributed by atoms with E-state index in [0.717, 1.165) is 24.3 Å². The number of rotatable bonds is 3. The van der Waals surface area contributed by atoms with Crippen LogP contribution in [0.2, 0.25) is 0 Å². The van der Waals surface area contributed by atoms with Crippen molar-refractivity contribution in [2.75, 3.05) is 31.1 Å². The fourth-order valence-electron chi connectivity index (χ4n) is 2.84. The quantitative estimate of drug-likeness (QED) is 0.758. The van der Waals surface area contributed by atoms with Crippen LogP contribution in [0.25, 0.3) is 0 Å². The van der Waals surface area contributed by atoms with Gasteiger partial charge in [0.05, 0.1) is 16.1 Å². The van der Waals surface area contributed by atoms with E-state index in [9.17, 15) is 26.0 Å². The summed E-state index contributed by atoms with van der Waals surface area (Å²) in [5, 5.41) is 0. The summed E-state index contributed by atoms with van der Waals surface area (Å²) >= 11 is 0. The van der Waals surface area contributed by atoms with Gasteiger partial charge in [-0.25, -0.2) is 12.8 Å². The van der Waals surface area contributed by atoms with E-state index in [-0.39, 0.29) is 23.8 Å². The van der Waals surface area contributed by atoms with Gasteiger partial charge in [-0.1, -0.05) is 12.1 Å². The average molecular weight is 388 g/mol. The molecule has 0 bridgehead atoms. The summed E-state index contributed by atoms with van der Waals surface area (Å²) in [6, 6.07) is 9.65. The third kappa shape index (κ3) is 3.68. The summed E-state index contributed by atoms with van der Waals surface area (Å²) in [4.78, 5) is 1.55. The van der Waals surface area contributed by atoms with E-state index in [1.165, 1.54) is 10.4 Å². The zero-order chi connectivity index (χ0) is 18.9. The molecule has 3 rings (SSSR count). The molecule has 26 heavy (non-hydrogen) atoms. The van der Waals surface area contributed by atoms with E-state index in [1.807, 2.05) is 0 Å². The monoisotopic (exact) mass is 388 g/mol. The maximum atomic E-state index is 13.8. The molecule has 0 saturated carbocycles. The predicted molar refractivity (Wildman–Crippen MR) is 88.8 cm³/mol. The van der Waals surface area contributed by atoms with Crippen LogP contribution >= 0.6 is 0 Å². The van der Waals surface area contributed by atoms with Crippen molar-refractivity contribution in [3.8, 4) is 0 Å². The summed E-state index contributed by atoms with van der Waals surface area (Å²) in [5.74, 6) is -0.383. The number of benzene rings is 2. The Morgan fingerprint density at radius 2 is 1.42 bits per heavy atom. The van der Waals surface area contributed by atoms with E-state index < -0.39 is 21.8 Å². The standard InChI is InChI=1S/C17H16F4N2O2S/c18-15-3-1-2-4-16(15)22-9-11-23(12-10-22)26(24,25)14-7-5-13(6-8-14)17(19,20)21/h1-8H,9-12H2. The minimum Gasteiger partial charge on any atom is -0.367 e. The van der Waals surface area contributed by atoms with Crippen LogP contribution in [-0.4, -0.2) is 38.9 Å². The molecule has 1 aliphatic heterocycles. The summed E-state index contributed by atoms with van der Waals surface area (Å²) in [6.07, 6.45) is -4.52. The number of halogens is 4. The first kappa shape index (κ1) is 18.7. The molecule has 1 heterocycles. The Bertz CT molecular complexity index is 874. The van der Waals surface area contributed by atoms with Crippen LogP contribution in [0.5, 0.6) is 0 Å². The lowest BCUT2D eigenvalue weighted by Crippen LogP contribution is -2.48. The summed E-state index contributed by atoms with van der Waals surface area (Å²) < 4.78 is 78.1. The lowest BCUT2D eigenvalue weighted by atomic mass is 10.2. The lowest BCUT2D eigenvalue weighted by Gasteiger charge is -2.35. The van der Waals surface area contributed by atoms with Crippen LogP contribution in [-0.2, 0) is 16.2 Å². The molecule has 140 valence electrons. The molecular weight excluding hydrogens is 372 g/mol. The molecule has 0 N–H and O–H groups in total. The van der Waals surface area contributed by atoms with Gasteiger partial charge in [0.1, 0.15) is 5.82 Å². The minimum absolute atomic E-state index is 0.123. The second-order valence-electron chi connectivity index (χ2n) is 5.86. The molecule has 0 radical (unpaired) electrons. The molecule has 1 fully saturated rings. The van der Waals surface area contributed by atoms with Gasteiger partial charge < -0.3 is 4.90 Å². The third-order valence-electron chi connectivity index (χ3n) is 4.25. The van der Waals surface area contributed by atoms with Crippen LogP contribution < -0.4 is 4.90 Å². The van der Waals surface area contributed by atoms with E-state index in [1.54, 1.807) is 23.1 Å². The van der Waals surface area contributed by atoms with Crippen molar-refractivity contribution in [2.45, 2.75) is 11.1 Å². The van der Waals surface area contributed by atoms with Crippen molar-refractivity contribution >= 4 is 15.7 Å². The highest BCUT2D eigenvalue weighted by atomic mass is 32.2. The SMILES string of the molecule is O=S(=O)(c1ccc(C(F)(F)F)cc1)N1CCN(c2ccccc2F)CC1. The highest BCUT2D eigenvalue weighted by Gasteiger charge is 2.32. The van der Waals surface area contributed by atoms with Crippen molar-refractivity contribution in [1.29, 1.82) is 0 Å². The summed E-state index contributed by atoms with van der Waals surface area (Å²) in [6.45, 7) is 0.830. The fraction of sp³-hybridized carbons (Fsp3) is 0.294. The minimum atomic E-state index is -4.52. The maximum absolute atomic E-state index is 13.8. The first-order chi connectivity index (χ1) is 12.2. The largest absolute Gasteiger partial charge is 0.416 e. The van der Waals surface area contributed by atoms with Crippen molar-refractivity contribution < 1.29 is 26.0 Å². The van der Waals surface area contributed by atoms with E-state index >= 15 is 0 Å². The zero-order valence-electron chi connectivity index (χ0n) is 13.6. The van der Waals surface area contributed by atoms with Gasteiger partial charge in [0, 0.05) is 26.2 Å². The summed E-state index contributed by atoms with van der Waals surface area (Å²) in [5.41, 5.74) is -0.500. The highest BCUT2D eigenvalue weighted by Crippen LogP contribution is 2.30. The Balaban J connectivity index is 1.73. The van der Waals surface area contributed by atoms with Gasteiger partial charge in [-0.05, 0) is 36.4 Å². The first-order valence-electron chi connectivity index (χ1n) is 7.86. The van der Waals surface area contributed by atoms with Gasteiger partial charge in [-0.2, -0.15) is 17.5 Å². The molecule has 0 aromatic heterocycles. The molecule has 4 nitrogen and oxygen atoms in total. The molecule has 1 aliphatic rings. The van der Waals surface area contributed by atoms with Gasteiger partial charge in [0.2, 0.25) is 10.0 Å². The molecule has 0 unspecified atom stereocenters. The van der Waals surface area contributed by atoms with E-state index in [0.29, 0.717) is 18.8 Å². The molecule has 0 amide bonds. The Morgan fingerprint density at radius 1 is 0.846 bits per heavy atom. The second-order valence-corrected chi connectivity index (χ2v) is 7.80. The van der Waals surface area contributed by atoms with Gasteiger partial charge >= 0.3 is 6.18 Å². The van der Waals surface area contributed by atoms with Crippen LogP contribution in [0.3, 0.4) is 0 Å². The van der Waals surface area contributed by atoms with Crippen molar-refractivity contribution in [3.05, 3.63) is 59.9 Å². The topological polar surface area (TPSA) is 40.6 Å². The second kappa shape index (κ2) is 6.88. The number of piperazine rings is 1. The van der Waals surface area contributed by atoms with Gasteiger partial charge in [-0.15, -0.1) is 0 Å². The Labute approximate surface area is 148 Å².